The fourth-order valence-electron chi connectivity index (χ4n) is 3.19. The van der Waals surface area contributed by atoms with Crippen LogP contribution in [0.15, 0.2) is 77.6 Å². The normalized spacial score (nSPS) is 10.9. The Kier molecular flexibility index (Phi) is 4.68. The monoisotopic (exact) mass is 386 g/mol. The quantitative estimate of drug-likeness (QED) is 0.426. The van der Waals surface area contributed by atoms with Gasteiger partial charge in [-0.2, -0.15) is 0 Å². The summed E-state index contributed by atoms with van der Waals surface area (Å²) in [7, 11) is 3.63. The Labute approximate surface area is 167 Å². The lowest BCUT2D eigenvalue weighted by Crippen LogP contribution is -2.22. The number of rotatable bonds is 3. The molecule has 0 fully saturated rings. The van der Waals surface area contributed by atoms with E-state index in [1.807, 2.05) is 44.4 Å². The molecule has 0 aliphatic carbocycles. The van der Waals surface area contributed by atoms with Crippen molar-refractivity contribution in [2.24, 2.45) is 0 Å². The highest BCUT2D eigenvalue weighted by atomic mass is 19.1. The second-order valence-corrected chi connectivity index (χ2v) is 6.89. The maximum Gasteiger partial charge on any atom is 0.266 e. The van der Waals surface area contributed by atoms with Crippen molar-refractivity contribution in [1.82, 2.24) is 14.5 Å². The lowest BCUT2D eigenvalue weighted by Gasteiger charge is -2.16. The van der Waals surface area contributed by atoms with Gasteiger partial charge in [-0.05, 0) is 36.4 Å². The molecule has 6 heteroatoms. The first-order valence-electron chi connectivity index (χ1n) is 9.10. The highest BCUT2D eigenvalue weighted by molar-refractivity contribution is 5.96. The molecule has 1 heterocycles. The number of benzene rings is 3. The summed E-state index contributed by atoms with van der Waals surface area (Å²) in [5, 5.41) is 8.61. The van der Waals surface area contributed by atoms with Crippen LogP contribution in [0.2, 0.25) is 0 Å². The van der Waals surface area contributed by atoms with Crippen molar-refractivity contribution in [3.8, 4) is 17.1 Å². The van der Waals surface area contributed by atoms with Gasteiger partial charge in [0.2, 0.25) is 0 Å². The molecule has 0 aliphatic rings. The number of fused-ring (bicyclic) bond motifs is 1. The van der Waals surface area contributed by atoms with Gasteiger partial charge >= 0.3 is 0 Å². The molecule has 0 saturated heterocycles. The third-order valence-corrected chi connectivity index (χ3v) is 4.72. The molecule has 0 aliphatic heterocycles. The van der Waals surface area contributed by atoms with Gasteiger partial charge in [0.05, 0.1) is 16.6 Å². The van der Waals surface area contributed by atoms with Crippen LogP contribution in [0.5, 0.6) is 0 Å². The molecule has 3 aromatic carbocycles. The Morgan fingerprint density at radius 3 is 2.28 bits per heavy atom. The molecule has 5 nitrogen and oxygen atoms in total. The smallest absolute Gasteiger partial charge is 0.266 e. The zero-order chi connectivity index (χ0) is 20.5. The van der Waals surface area contributed by atoms with Crippen molar-refractivity contribution in [3.05, 3.63) is 94.5 Å². The number of para-hydroxylation sites is 1. The molecule has 1 aromatic heterocycles. The first kappa shape index (κ1) is 18.6. The molecule has 1 N–H and O–H groups in total. The van der Waals surface area contributed by atoms with E-state index in [9.17, 15) is 9.18 Å². The minimum Gasteiger partial charge on any atom is -0.363 e. The third-order valence-electron chi connectivity index (χ3n) is 4.72. The van der Waals surface area contributed by atoms with E-state index in [4.69, 9.17) is 10.4 Å². The first-order chi connectivity index (χ1) is 14.0. The number of nitrogens with zero attached hydrogens (tertiary/aromatic N) is 3. The number of amidine groups is 1. The minimum atomic E-state index is -0.372. The van der Waals surface area contributed by atoms with Crippen LogP contribution in [0.4, 0.5) is 4.39 Å². The van der Waals surface area contributed by atoms with E-state index in [1.165, 1.54) is 16.7 Å². The zero-order valence-corrected chi connectivity index (χ0v) is 16.1. The molecule has 0 amide bonds. The van der Waals surface area contributed by atoms with Crippen LogP contribution in [0.1, 0.15) is 5.56 Å². The van der Waals surface area contributed by atoms with Gasteiger partial charge in [-0.15, -0.1) is 0 Å². The Hall–Kier alpha value is -3.80. The van der Waals surface area contributed by atoms with Crippen LogP contribution < -0.4 is 5.56 Å². The third kappa shape index (κ3) is 3.40. The van der Waals surface area contributed by atoms with E-state index in [1.54, 1.807) is 35.2 Å². The molecule has 29 heavy (non-hydrogen) atoms. The summed E-state index contributed by atoms with van der Waals surface area (Å²) in [6.45, 7) is 0. The predicted octanol–water partition coefficient (Wildman–Crippen LogP) is 4.08. The Morgan fingerprint density at radius 2 is 1.62 bits per heavy atom. The van der Waals surface area contributed by atoms with Gasteiger partial charge in [-0.25, -0.2) is 9.37 Å². The van der Waals surface area contributed by atoms with Gasteiger partial charge in [0.25, 0.3) is 5.56 Å². The standard InChI is InChI=1S/C23H19FN4O/c1-27(2)21(25)15-7-9-16(10-8-15)22-26-20-6-4-3-5-19(20)23(29)28(22)18-13-11-17(24)12-14-18/h3-14,25H,1-2H3. The van der Waals surface area contributed by atoms with Crippen molar-refractivity contribution in [2.45, 2.75) is 0 Å². The molecule has 0 atom stereocenters. The summed E-state index contributed by atoms with van der Waals surface area (Å²) in [5.41, 5.74) is 2.40. The van der Waals surface area contributed by atoms with E-state index >= 15 is 0 Å². The van der Waals surface area contributed by atoms with Gasteiger partial charge in [0.1, 0.15) is 17.5 Å². The predicted molar refractivity (Wildman–Crippen MR) is 113 cm³/mol. The molecule has 4 rings (SSSR count). The van der Waals surface area contributed by atoms with E-state index in [2.05, 4.69) is 0 Å². The lowest BCUT2D eigenvalue weighted by molar-refractivity contribution is 0.619. The average molecular weight is 386 g/mol. The van der Waals surface area contributed by atoms with Crippen LogP contribution in [-0.2, 0) is 0 Å². The minimum absolute atomic E-state index is 0.220. The van der Waals surface area contributed by atoms with Crippen molar-refractivity contribution in [1.29, 1.82) is 5.41 Å². The summed E-state index contributed by atoms with van der Waals surface area (Å²) in [6, 6.07) is 20.3. The van der Waals surface area contributed by atoms with Crippen LogP contribution in [0.25, 0.3) is 28.0 Å². The summed E-state index contributed by atoms with van der Waals surface area (Å²) < 4.78 is 14.9. The van der Waals surface area contributed by atoms with Crippen LogP contribution in [0.3, 0.4) is 0 Å². The Balaban J connectivity index is 1.95. The van der Waals surface area contributed by atoms with E-state index in [0.29, 0.717) is 28.3 Å². The van der Waals surface area contributed by atoms with E-state index in [0.717, 1.165) is 11.1 Å². The van der Waals surface area contributed by atoms with Crippen LogP contribution in [-0.4, -0.2) is 34.4 Å². The Bertz CT molecular complexity index is 1260. The number of aromatic nitrogens is 2. The fraction of sp³-hybridized carbons (Fsp3) is 0.0870. The van der Waals surface area contributed by atoms with Crippen molar-refractivity contribution < 1.29 is 4.39 Å². The molecule has 0 unspecified atom stereocenters. The van der Waals surface area contributed by atoms with E-state index in [-0.39, 0.29) is 11.4 Å². The zero-order valence-electron chi connectivity index (χ0n) is 16.1. The molecule has 144 valence electrons. The topological polar surface area (TPSA) is 62.0 Å². The summed E-state index contributed by atoms with van der Waals surface area (Å²) in [5.74, 6) is 0.478. The second-order valence-electron chi connectivity index (χ2n) is 6.89. The van der Waals surface area contributed by atoms with Gasteiger partial charge < -0.3 is 4.90 Å². The van der Waals surface area contributed by atoms with Crippen molar-refractivity contribution in [3.63, 3.8) is 0 Å². The van der Waals surface area contributed by atoms with Crippen molar-refractivity contribution in [2.75, 3.05) is 14.1 Å². The highest BCUT2D eigenvalue weighted by Gasteiger charge is 2.15. The number of hydrogen-bond acceptors (Lipinski definition) is 3. The molecular weight excluding hydrogens is 367 g/mol. The first-order valence-corrected chi connectivity index (χ1v) is 9.10. The summed E-state index contributed by atoms with van der Waals surface area (Å²) >= 11 is 0. The van der Waals surface area contributed by atoms with Crippen LogP contribution in [0, 0.1) is 11.2 Å². The largest absolute Gasteiger partial charge is 0.363 e. The second kappa shape index (κ2) is 7.31. The fourth-order valence-corrected chi connectivity index (χ4v) is 3.19. The lowest BCUT2D eigenvalue weighted by atomic mass is 10.1. The van der Waals surface area contributed by atoms with Crippen molar-refractivity contribution >= 4 is 16.7 Å². The summed E-state index contributed by atoms with van der Waals surface area (Å²) in [4.78, 5) is 19.7. The number of nitrogens with one attached hydrogen (secondary N) is 1. The van der Waals surface area contributed by atoms with Gasteiger partial charge in [0.15, 0.2) is 0 Å². The van der Waals surface area contributed by atoms with Gasteiger partial charge in [0, 0.05) is 25.2 Å². The molecule has 0 radical (unpaired) electrons. The number of halogens is 1. The highest BCUT2D eigenvalue weighted by Crippen LogP contribution is 2.23. The summed E-state index contributed by atoms with van der Waals surface area (Å²) in [6.07, 6.45) is 0. The van der Waals surface area contributed by atoms with E-state index < -0.39 is 0 Å². The van der Waals surface area contributed by atoms with Gasteiger partial charge in [-0.3, -0.25) is 14.8 Å². The molecule has 0 bridgehead atoms. The van der Waals surface area contributed by atoms with Gasteiger partial charge in [-0.1, -0.05) is 36.4 Å². The average Bonchev–Trinajstić information content (AvgIpc) is 2.74. The number of hydrogen-bond donors (Lipinski definition) is 1. The molecular formula is C23H19FN4O. The Morgan fingerprint density at radius 1 is 0.966 bits per heavy atom. The SMILES string of the molecule is CN(C)C(=N)c1ccc(-c2nc3ccccc3c(=O)n2-c2ccc(F)cc2)cc1. The molecule has 4 aromatic rings. The molecule has 0 saturated carbocycles. The maximum atomic E-state index is 13.4. The molecule has 0 spiro atoms. The van der Waals surface area contributed by atoms with Crippen LogP contribution >= 0.6 is 0 Å². The maximum absolute atomic E-state index is 13.4.